The number of phenols is 1. The SMILES string of the molecule is CNC(=O)C12CCCC(c3ccc(O)cc3)(CC1)CC2. The van der Waals surface area contributed by atoms with Crippen molar-refractivity contribution in [2.45, 2.75) is 50.4 Å². The van der Waals surface area contributed by atoms with Gasteiger partial charge in [-0.15, -0.1) is 0 Å². The van der Waals surface area contributed by atoms with Gasteiger partial charge in [-0.3, -0.25) is 4.79 Å². The van der Waals surface area contributed by atoms with E-state index in [4.69, 9.17) is 0 Å². The Bertz CT molecular complexity index is 498. The molecule has 2 N–H and O–H groups in total. The highest BCUT2D eigenvalue weighted by atomic mass is 16.3. The van der Waals surface area contributed by atoms with Gasteiger partial charge in [-0.05, 0) is 61.6 Å². The number of rotatable bonds is 2. The number of benzene rings is 1. The number of hydrogen-bond acceptors (Lipinski definition) is 2. The molecule has 3 heteroatoms. The zero-order chi connectivity index (χ0) is 14.2. The van der Waals surface area contributed by atoms with Crippen molar-refractivity contribution < 1.29 is 9.90 Å². The highest BCUT2D eigenvalue weighted by Gasteiger charge is 2.49. The molecule has 0 heterocycles. The van der Waals surface area contributed by atoms with Crippen molar-refractivity contribution in [1.29, 1.82) is 0 Å². The Morgan fingerprint density at radius 2 is 1.70 bits per heavy atom. The van der Waals surface area contributed by atoms with E-state index in [-0.39, 0.29) is 16.7 Å². The molecule has 1 amide bonds. The van der Waals surface area contributed by atoms with E-state index in [1.807, 2.05) is 0 Å². The minimum Gasteiger partial charge on any atom is -0.508 e. The van der Waals surface area contributed by atoms with Gasteiger partial charge in [0.05, 0.1) is 0 Å². The van der Waals surface area contributed by atoms with Crippen LogP contribution in [0.15, 0.2) is 24.3 Å². The van der Waals surface area contributed by atoms with Crippen molar-refractivity contribution in [2.24, 2.45) is 5.41 Å². The monoisotopic (exact) mass is 273 g/mol. The molecular formula is C17H23NO2. The third kappa shape index (κ3) is 2.00. The van der Waals surface area contributed by atoms with E-state index in [0.29, 0.717) is 5.75 Å². The minimum atomic E-state index is -0.119. The zero-order valence-electron chi connectivity index (χ0n) is 12.1. The van der Waals surface area contributed by atoms with Crippen LogP contribution < -0.4 is 5.32 Å². The van der Waals surface area contributed by atoms with E-state index in [1.54, 1.807) is 19.2 Å². The number of carbonyl (C=O) groups excluding carboxylic acids is 1. The van der Waals surface area contributed by atoms with Crippen LogP contribution in [0.1, 0.15) is 50.5 Å². The third-order valence-electron chi connectivity index (χ3n) is 5.66. The number of hydrogen-bond donors (Lipinski definition) is 2. The van der Waals surface area contributed by atoms with Gasteiger partial charge >= 0.3 is 0 Å². The van der Waals surface area contributed by atoms with Gasteiger partial charge in [0.25, 0.3) is 0 Å². The molecule has 0 atom stereocenters. The van der Waals surface area contributed by atoms with Crippen molar-refractivity contribution >= 4 is 5.91 Å². The average Bonchev–Trinajstić information content (AvgIpc) is 2.79. The summed E-state index contributed by atoms with van der Waals surface area (Å²) in [6, 6.07) is 7.70. The Labute approximate surface area is 120 Å². The highest BCUT2D eigenvalue weighted by Crippen LogP contribution is 2.55. The lowest BCUT2D eigenvalue weighted by Gasteiger charge is -2.42. The summed E-state index contributed by atoms with van der Waals surface area (Å²) < 4.78 is 0. The lowest BCUT2D eigenvalue weighted by molar-refractivity contribution is -0.132. The van der Waals surface area contributed by atoms with Gasteiger partial charge in [-0.25, -0.2) is 0 Å². The van der Waals surface area contributed by atoms with Gasteiger partial charge in [0.2, 0.25) is 5.91 Å². The first-order valence-electron chi connectivity index (χ1n) is 7.62. The molecule has 108 valence electrons. The van der Waals surface area contributed by atoms with E-state index in [1.165, 1.54) is 5.56 Å². The van der Waals surface area contributed by atoms with Gasteiger partial charge in [0, 0.05) is 12.5 Å². The summed E-state index contributed by atoms with van der Waals surface area (Å²) in [4.78, 5) is 12.2. The van der Waals surface area contributed by atoms with Crippen LogP contribution in [0.2, 0.25) is 0 Å². The Balaban J connectivity index is 1.89. The standard InChI is InChI=1S/C17H23NO2/c1-18-15(20)17-8-2-7-16(9-11-17,10-12-17)13-3-5-14(19)6-4-13/h3-6,19H,2,7-12H2,1H3,(H,18,20). The van der Waals surface area contributed by atoms with Crippen molar-refractivity contribution in [1.82, 2.24) is 5.32 Å². The van der Waals surface area contributed by atoms with Gasteiger partial charge in [-0.2, -0.15) is 0 Å². The molecule has 2 bridgehead atoms. The van der Waals surface area contributed by atoms with E-state index in [2.05, 4.69) is 17.4 Å². The average molecular weight is 273 g/mol. The molecule has 3 fully saturated rings. The number of aromatic hydroxyl groups is 1. The first kappa shape index (κ1) is 13.5. The predicted octanol–water partition coefficient (Wildman–Crippen LogP) is 3.12. The smallest absolute Gasteiger partial charge is 0.225 e. The highest BCUT2D eigenvalue weighted by molar-refractivity contribution is 5.82. The lowest BCUT2D eigenvalue weighted by Crippen LogP contribution is -2.43. The molecule has 1 aromatic carbocycles. The molecule has 4 rings (SSSR count). The maximum Gasteiger partial charge on any atom is 0.225 e. The summed E-state index contributed by atoms with van der Waals surface area (Å²) in [5.41, 5.74) is 1.44. The summed E-state index contributed by atoms with van der Waals surface area (Å²) in [7, 11) is 1.75. The fourth-order valence-corrected chi connectivity index (χ4v) is 4.33. The van der Waals surface area contributed by atoms with E-state index >= 15 is 0 Å². The summed E-state index contributed by atoms with van der Waals surface area (Å²) in [6.07, 6.45) is 7.47. The van der Waals surface area contributed by atoms with Crippen LogP contribution in [0.5, 0.6) is 5.75 Å². The number of amides is 1. The van der Waals surface area contributed by atoms with Crippen LogP contribution in [0.3, 0.4) is 0 Å². The maximum absolute atomic E-state index is 12.2. The molecule has 0 aliphatic heterocycles. The first-order chi connectivity index (χ1) is 9.60. The topological polar surface area (TPSA) is 49.3 Å². The third-order valence-corrected chi connectivity index (χ3v) is 5.66. The van der Waals surface area contributed by atoms with Crippen LogP contribution in [0, 0.1) is 5.41 Å². The van der Waals surface area contributed by atoms with Crippen molar-refractivity contribution in [2.75, 3.05) is 7.05 Å². The van der Waals surface area contributed by atoms with Crippen molar-refractivity contribution in [3.63, 3.8) is 0 Å². The lowest BCUT2D eigenvalue weighted by atomic mass is 9.62. The fourth-order valence-electron chi connectivity index (χ4n) is 4.33. The van der Waals surface area contributed by atoms with Gasteiger partial charge in [-0.1, -0.05) is 18.6 Å². The van der Waals surface area contributed by atoms with Crippen LogP contribution in [-0.2, 0) is 10.2 Å². The molecule has 0 spiro atoms. The molecule has 1 aromatic rings. The Kier molecular flexibility index (Phi) is 3.23. The van der Waals surface area contributed by atoms with E-state index < -0.39 is 0 Å². The largest absolute Gasteiger partial charge is 0.508 e. The molecule has 3 aliphatic rings. The second-order valence-electron chi connectivity index (χ2n) is 6.54. The number of phenolic OH excluding ortho intramolecular Hbond substituents is 1. The molecule has 20 heavy (non-hydrogen) atoms. The van der Waals surface area contributed by atoms with Crippen LogP contribution in [0.4, 0.5) is 0 Å². The molecule has 0 aromatic heterocycles. The summed E-state index contributed by atoms with van der Waals surface area (Å²) in [6.45, 7) is 0. The van der Waals surface area contributed by atoms with Crippen LogP contribution in [-0.4, -0.2) is 18.1 Å². The van der Waals surface area contributed by atoms with Crippen molar-refractivity contribution in [3.8, 4) is 5.75 Å². The number of fused-ring (bicyclic) bond motifs is 4. The van der Waals surface area contributed by atoms with Gasteiger partial charge in [0.15, 0.2) is 0 Å². The molecule has 3 nitrogen and oxygen atoms in total. The van der Waals surface area contributed by atoms with Crippen LogP contribution >= 0.6 is 0 Å². The van der Waals surface area contributed by atoms with Crippen LogP contribution in [0.25, 0.3) is 0 Å². The Morgan fingerprint density at radius 3 is 2.30 bits per heavy atom. The predicted molar refractivity (Wildman–Crippen MR) is 78.6 cm³/mol. The summed E-state index contributed by atoms with van der Waals surface area (Å²) in [5.74, 6) is 0.563. The fraction of sp³-hybridized carbons (Fsp3) is 0.588. The molecule has 0 saturated heterocycles. The Morgan fingerprint density at radius 1 is 1.05 bits per heavy atom. The first-order valence-corrected chi connectivity index (χ1v) is 7.62. The minimum absolute atomic E-state index is 0.119. The quantitative estimate of drug-likeness (QED) is 0.869. The molecule has 0 unspecified atom stereocenters. The summed E-state index contributed by atoms with van der Waals surface area (Å²) >= 11 is 0. The molecule has 0 radical (unpaired) electrons. The zero-order valence-corrected chi connectivity index (χ0v) is 12.1. The van der Waals surface area contributed by atoms with E-state index in [0.717, 1.165) is 44.9 Å². The number of carbonyl (C=O) groups is 1. The Hall–Kier alpha value is -1.51. The maximum atomic E-state index is 12.2. The van der Waals surface area contributed by atoms with Gasteiger partial charge in [0.1, 0.15) is 5.75 Å². The molecule has 3 saturated carbocycles. The molecular weight excluding hydrogens is 250 g/mol. The second-order valence-corrected chi connectivity index (χ2v) is 6.54. The van der Waals surface area contributed by atoms with E-state index in [9.17, 15) is 9.90 Å². The number of nitrogens with one attached hydrogen (secondary N) is 1. The summed E-state index contributed by atoms with van der Waals surface area (Å²) in [5, 5.41) is 12.3. The molecule has 3 aliphatic carbocycles. The van der Waals surface area contributed by atoms with Gasteiger partial charge < -0.3 is 10.4 Å². The van der Waals surface area contributed by atoms with Crippen molar-refractivity contribution in [3.05, 3.63) is 29.8 Å². The second kappa shape index (κ2) is 4.80. The normalized spacial score (nSPS) is 32.6.